The molecule has 1 aromatic rings. The SMILES string of the molecule is COCC(=O)N1CCC([C@H](NC(=O)c2cccc(OC)c2)C(=O)NCC(C)C)CC1. The number of ether oxygens (including phenoxy) is 2. The number of methoxy groups -OCH3 is 2. The highest BCUT2D eigenvalue weighted by Gasteiger charge is 2.34. The zero-order valence-electron chi connectivity index (χ0n) is 18.3. The standard InChI is InChI=1S/C22H33N3O5/c1-15(2)13-23-22(28)20(16-8-10-25(11-9-16)19(26)14-29-3)24-21(27)17-6-5-7-18(12-17)30-4/h5-7,12,15-16,20H,8-11,13-14H2,1-4H3,(H,23,28)(H,24,27)/t20-/m0/s1. The highest BCUT2D eigenvalue weighted by molar-refractivity contribution is 5.98. The Labute approximate surface area is 178 Å². The fourth-order valence-electron chi connectivity index (χ4n) is 3.50. The van der Waals surface area contributed by atoms with Crippen molar-refractivity contribution in [2.75, 3.05) is 40.5 Å². The second kappa shape index (κ2) is 11.5. The first-order chi connectivity index (χ1) is 14.3. The van der Waals surface area contributed by atoms with Crippen LogP contribution >= 0.6 is 0 Å². The Hall–Kier alpha value is -2.61. The predicted octanol–water partition coefficient (Wildman–Crippen LogP) is 1.45. The topological polar surface area (TPSA) is 97.0 Å². The summed E-state index contributed by atoms with van der Waals surface area (Å²) in [5.41, 5.74) is 0.434. The van der Waals surface area contributed by atoms with E-state index in [1.54, 1.807) is 29.2 Å². The van der Waals surface area contributed by atoms with Gasteiger partial charge in [0.15, 0.2) is 0 Å². The van der Waals surface area contributed by atoms with E-state index < -0.39 is 6.04 Å². The van der Waals surface area contributed by atoms with Gasteiger partial charge in [0.2, 0.25) is 11.8 Å². The molecule has 0 aliphatic carbocycles. The van der Waals surface area contributed by atoms with Crippen LogP contribution in [0.2, 0.25) is 0 Å². The van der Waals surface area contributed by atoms with Gasteiger partial charge >= 0.3 is 0 Å². The molecule has 2 rings (SSSR count). The summed E-state index contributed by atoms with van der Waals surface area (Å²) in [7, 11) is 3.03. The van der Waals surface area contributed by atoms with Crippen molar-refractivity contribution in [3.63, 3.8) is 0 Å². The molecule has 1 aromatic carbocycles. The van der Waals surface area contributed by atoms with Gasteiger partial charge in [-0.2, -0.15) is 0 Å². The number of nitrogens with zero attached hydrogens (tertiary/aromatic N) is 1. The van der Waals surface area contributed by atoms with E-state index in [1.807, 2.05) is 13.8 Å². The van der Waals surface area contributed by atoms with Crippen LogP contribution in [0.4, 0.5) is 0 Å². The van der Waals surface area contributed by atoms with Crippen LogP contribution < -0.4 is 15.4 Å². The van der Waals surface area contributed by atoms with Crippen molar-refractivity contribution in [1.82, 2.24) is 15.5 Å². The fraction of sp³-hybridized carbons (Fsp3) is 0.591. The summed E-state index contributed by atoms with van der Waals surface area (Å²) < 4.78 is 10.1. The molecule has 3 amide bonds. The van der Waals surface area contributed by atoms with Crippen LogP contribution in [0.15, 0.2) is 24.3 Å². The number of piperidine rings is 1. The zero-order chi connectivity index (χ0) is 22.1. The molecule has 0 aromatic heterocycles. The first-order valence-electron chi connectivity index (χ1n) is 10.3. The second-order valence-corrected chi connectivity index (χ2v) is 7.97. The smallest absolute Gasteiger partial charge is 0.252 e. The highest BCUT2D eigenvalue weighted by Crippen LogP contribution is 2.22. The Balaban J connectivity index is 2.09. The Kier molecular flexibility index (Phi) is 9.11. The van der Waals surface area contributed by atoms with Crippen LogP contribution in [0, 0.1) is 11.8 Å². The minimum atomic E-state index is -0.665. The van der Waals surface area contributed by atoms with E-state index in [1.165, 1.54) is 14.2 Å². The Morgan fingerprint density at radius 3 is 2.47 bits per heavy atom. The minimum Gasteiger partial charge on any atom is -0.497 e. The van der Waals surface area contributed by atoms with Crippen molar-refractivity contribution in [2.24, 2.45) is 11.8 Å². The number of carbonyl (C=O) groups is 3. The number of hydrogen-bond donors (Lipinski definition) is 2. The quantitative estimate of drug-likeness (QED) is 0.632. The first-order valence-corrected chi connectivity index (χ1v) is 10.3. The largest absolute Gasteiger partial charge is 0.497 e. The molecule has 8 heteroatoms. The van der Waals surface area contributed by atoms with Crippen LogP contribution in [0.3, 0.4) is 0 Å². The number of benzene rings is 1. The number of hydrogen-bond acceptors (Lipinski definition) is 5. The lowest BCUT2D eigenvalue weighted by atomic mass is 9.88. The van der Waals surface area contributed by atoms with Crippen molar-refractivity contribution in [1.29, 1.82) is 0 Å². The lowest BCUT2D eigenvalue weighted by Crippen LogP contribution is -2.54. The van der Waals surface area contributed by atoms with Gasteiger partial charge in [-0.25, -0.2) is 0 Å². The van der Waals surface area contributed by atoms with E-state index in [0.717, 1.165) is 0 Å². The number of rotatable bonds is 9. The average molecular weight is 420 g/mol. The van der Waals surface area contributed by atoms with Crippen molar-refractivity contribution >= 4 is 17.7 Å². The van der Waals surface area contributed by atoms with Gasteiger partial charge in [0.25, 0.3) is 5.91 Å². The molecule has 166 valence electrons. The minimum absolute atomic E-state index is 0.0511. The summed E-state index contributed by atoms with van der Waals surface area (Å²) >= 11 is 0. The maximum absolute atomic E-state index is 12.9. The number of nitrogens with one attached hydrogen (secondary N) is 2. The van der Waals surface area contributed by atoms with E-state index in [9.17, 15) is 14.4 Å². The third-order valence-corrected chi connectivity index (χ3v) is 5.22. The van der Waals surface area contributed by atoms with Crippen molar-refractivity contribution in [2.45, 2.75) is 32.7 Å². The van der Waals surface area contributed by atoms with Crippen molar-refractivity contribution < 1.29 is 23.9 Å². The normalized spacial score (nSPS) is 15.6. The third kappa shape index (κ3) is 6.73. The van der Waals surface area contributed by atoms with E-state index in [2.05, 4.69) is 10.6 Å². The van der Waals surface area contributed by atoms with E-state index in [-0.39, 0.29) is 30.2 Å². The molecular weight excluding hydrogens is 386 g/mol. The van der Waals surface area contributed by atoms with Gasteiger partial charge in [-0.05, 0) is 42.9 Å². The average Bonchev–Trinajstić information content (AvgIpc) is 2.76. The molecule has 0 unspecified atom stereocenters. The van der Waals surface area contributed by atoms with Crippen LogP contribution in [-0.2, 0) is 14.3 Å². The lowest BCUT2D eigenvalue weighted by molar-refractivity contribution is -0.136. The van der Waals surface area contributed by atoms with Gasteiger partial charge in [-0.1, -0.05) is 19.9 Å². The summed E-state index contributed by atoms with van der Waals surface area (Å²) in [6.07, 6.45) is 1.27. The maximum atomic E-state index is 12.9. The molecule has 0 saturated carbocycles. The summed E-state index contributed by atoms with van der Waals surface area (Å²) in [5, 5.41) is 5.85. The summed E-state index contributed by atoms with van der Waals surface area (Å²) in [6, 6.07) is 6.16. The Morgan fingerprint density at radius 1 is 1.17 bits per heavy atom. The molecule has 2 N–H and O–H groups in total. The zero-order valence-corrected chi connectivity index (χ0v) is 18.3. The summed E-state index contributed by atoms with van der Waals surface area (Å²) in [4.78, 5) is 39.5. The van der Waals surface area contributed by atoms with Crippen LogP contribution in [0.25, 0.3) is 0 Å². The molecule has 0 radical (unpaired) electrons. The van der Waals surface area contributed by atoms with Crippen molar-refractivity contribution in [3.8, 4) is 5.75 Å². The van der Waals surface area contributed by atoms with E-state index in [4.69, 9.17) is 9.47 Å². The van der Waals surface area contributed by atoms with Gasteiger partial charge in [-0.3, -0.25) is 14.4 Å². The molecule has 1 aliphatic heterocycles. The third-order valence-electron chi connectivity index (χ3n) is 5.22. The monoisotopic (exact) mass is 419 g/mol. The number of amides is 3. The molecular formula is C22H33N3O5. The van der Waals surface area contributed by atoms with Gasteiger partial charge in [0.05, 0.1) is 7.11 Å². The number of likely N-dealkylation sites (tertiary alicyclic amines) is 1. The molecule has 0 spiro atoms. The van der Waals surface area contributed by atoms with Crippen LogP contribution in [0.5, 0.6) is 5.75 Å². The van der Waals surface area contributed by atoms with Gasteiger partial charge in [-0.15, -0.1) is 0 Å². The van der Waals surface area contributed by atoms with Crippen molar-refractivity contribution in [3.05, 3.63) is 29.8 Å². The molecule has 1 heterocycles. The van der Waals surface area contributed by atoms with Gasteiger partial charge < -0.3 is 25.0 Å². The predicted molar refractivity (Wildman–Crippen MR) is 113 cm³/mol. The Morgan fingerprint density at radius 2 is 1.87 bits per heavy atom. The molecule has 8 nitrogen and oxygen atoms in total. The number of carbonyl (C=O) groups excluding carboxylic acids is 3. The first kappa shape index (κ1) is 23.7. The summed E-state index contributed by atoms with van der Waals surface area (Å²) in [6.45, 7) is 5.70. The van der Waals surface area contributed by atoms with Gasteiger partial charge in [0.1, 0.15) is 18.4 Å². The maximum Gasteiger partial charge on any atom is 0.252 e. The molecule has 1 atom stereocenters. The molecule has 1 saturated heterocycles. The summed E-state index contributed by atoms with van der Waals surface area (Å²) in [5.74, 6) is 0.249. The highest BCUT2D eigenvalue weighted by atomic mass is 16.5. The molecule has 1 fully saturated rings. The fourth-order valence-corrected chi connectivity index (χ4v) is 3.50. The molecule has 1 aliphatic rings. The Bertz CT molecular complexity index is 729. The van der Waals surface area contributed by atoms with E-state index in [0.29, 0.717) is 49.7 Å². The van der Waals surface area contributed by atoms with Crippen LogP contribution in [0.1, 0.15) is 37.0 Å². The van der Waals surface area contributed by atoms with Crippen LogP contribution in [-0.4, -0.2) is 69.1 Å². The lowest BCUT2D eigenvalue weighted by Gasteiger charge is -2.35. The molecule has 30 heavy (non-hydrogen) atoms. The molecule has 0 bridgehead atoms. The van der Waals surface area contributed by atoms with Gasteiger partial charge in [0, 0.05) is 32.3 Å². The van der Waals surface area contributed by atoms with E-state index >= 15 is 0 Å². The second-order valence-electron chi connectivity index (χ2n) is 7.97.